The monoisotopic (exact) mass is 358 g/mol. The Balaban J connectivity index is 1.68. The summed E-state index contributed by atoms with van der Waals surface area (Å²) in [5, 5.41) is 20.5. The summed E-state index contributed by atoms with van der Waals surface area (Å²) in [4.78, 5) is 45.4. The van der Waals surface area contributed by atoms with Gasteiger partial charge < -0.3 is 25.2 Å². The summed E-state index contributed by atoms with van der Waals surface area (Å²) in [6.07, 6.45) is 0.898. The maximum absolute atomic E-state index is 11.8. The molecular formula is C14H18N2O7S. The van der Waals surface area contributed by atoms with E-state index in [9.17, 15) is 24.3 Å². The zero-order valence-electron chi connectivity index (χ0n) is 12.9. The highest BCUT2D eigenvalue weighted by atomic mass is 32.2. The van der Waals surface area contributed by atoms with Crippen LogP contribution in [0, 0.1) is 0 Å². The number of thioether (sulfide) groups is 1. The van der Waals surface area contributed by atoms with E-state index in [2.05, 4.69) is 5.32 Å². The molecule has 0 aromatic carbocycles. The first-order valence-electron chi connectivity index (χ1n) is 7.26. The highest BCUT2D eigenvalue weighted by Gasteiger charge is 2.55. The number of carboxylic acids is 1. The van der Waals surface area contributed by atoms with Crippen LogP contribution in [0.1, 0.15) is 19.8 Å². The molecule has 0 radical (unpaired) electrons. The minimum atomic E-state index is -1.10. The van der Waals surface area contributed by atoms with Crippen LogP contribution in [0.2, 0.25) is 0 Å². The Labute approximate surface area is 142 Å². The normalized spacial score (nSPS) is 27.9. The fraction of sp³-hybridized carbons (Fsp3) is 0.571. The molecule has 2 unspecified atom stereocenters. The summed E-state index contributed by atoms with van der Waals surface area (Å²) < 4.78 is 5.21. The third kappa shape index (κ3) is 4.71. The van der Waals surface area contributed by atoms with Gasteiger partial charge in [-0.15, -0.1) is 11.8 Å². The van der Waals surface area contributed by atoms with Crippen LogP contribution in [0.15, 0.2) is 12.2 Å². The van der Waals surface area contributed by atoms with Gasteiger partial charge in [-0.1, -0.05) is 0 Å². The second-order valence-electron chi connectivity index (χ2n) is 5.53. The number of hydrogen-bond acceptors (Lipinski definition) is 7. The molecule has 0 aromatic heterocycles. The smallest absolute Gasteiger partial charge is 0.307 e. The Morgan fingerprint density at radius 3 is 2.71 bits per heavy atom. The fourth-order valence-electron chi connectivity index (χ4n) is 2.14. The Bertz CT molecular complexity index is 594. The standard InChI is InChI=1S/C14H18N2O7S/c1-14(23-13(22)5-4-12(20)21)8(24-14)6-15-9(17)7-16-10(18)2-3-11(16)19/h2-3,8,10,18H,4-7H2,1H3,(H,15,17)(H,20,21)/t8?,10?,14-/m0/s1. The SMILES string of the molecule is C[C@]1(OC(=O)CCC(=O)O)SC1CNC(=O)CN1C(=O)C=CC1O. The Kier molecular flexibility index (Phi) is 5.50. The Hall–Kier alpha value is -2.07. The second kappa shape index (κ2) is 7.22. The van der Waals surface area contributed by atoms with Crippen LogP contribution < -0.4 is 5.32 Å². The summed E-state index contributed by atoms with van der Waals surface area (Å²) in [6.45, 7) is 1.65. The lowest BCUT2D eigenvalue weighted by molar-refractivity contribution is -0.151. The van der Waals surface area contributed by atoms with Crippen molar-refractivity contribution in [3.63, 3.8) is 0 Å². The van der Waals surface area contributed by atoms with E-state index >= 15 is 0 Å². The number of carboxylic acid groups (broad SMARTS) is 1. The van der Waals surface area contributed by atoms with Crippen LogP contribution in [-0.4, -0.2) is 68.4 Å². The molecule has 0 aromatic rings. The Morgan fingerprint density at radius 2 is 2.12 bits per heavy atom. The van der Waals surface area contributed by atoms with Crippen molar-refractivity contribution in [3.05, 3.63) is 12.2 Å². The van der Waals surface area contributed by atoms with Gasteiger partial charge in [-0.2, -0.15) is 0 Å². The molecule has 9 nitrogen and oxygen atoms in total. The van der Waals surface area contributed by atoms with E-state index in [-0.39, 0.29) is 31.2 Å². The van der Waals surface area contributed by atoms with Gasteiger partial charge in [0, 0.05) is 12.6 Å². The number of carbonyl (C=O) groups excluding carboxylic acids is 3. The molecule has 132 valence electrons. The molecule has 2 rings (SSSR count). The van der Waals surface area contributed by atoms with Crippen LogP contribution >= 0.6 is 11.8 Å². The molecule has 0 aliphatic carbocycles. The van der Waals surface area contributed by atoms with E-state index in [0.29, 0.717) is 0 Å². The number of aliphatic hydroxyl groups excluding tert-OH is 1. The number of aliphatic hydroxyl groups is 1. The van der Waals surface area contributed by atoms with E-state index in [1.54, 1.807) is 6.92 Å². The number of nitrogens with zero attached hydrogens (tertiary/aromatic N) is 1. The lowest BCUT2D eigenvalue weighted by atomic mass is 10.2. The topological polar surface area (TPSA) is 133 Å². The van der Waals surface area contributed by atoms with Crippen molar-refractivity contribution < 1.29 is 34.1 Å². The van der Waals surface area contributed by atoms with E-state index in [4.69, 9.17) is 9.84 Å². The quantitative estimate of drug-likeness (QED) is 0.374. The molecule has 2 aliphatic heterocycles. The van der Waals surface area contributed by atoms with E-state index in [1.807, 2.05) is 0 Å². The van der Waals surface area contributed by atoms with Crippen LogP contribution in [-0.2, 0) is 23.9 Å². The number of amides is 2. The third-order valence-electron chi connectivity index (χ3n) is 3.58. The summed E-state index contributed by atoms with van der Waals surface area (Å²) >= 11 is 1.34. The first kappa shape index (κ1) is 18.3. The molecule has 3 N–H and O–H groups in total. The van der Waals surface area contributed by atoms with Gasteiger partial charge in [-0.3, -0.25) is 19.2 Å². The van der Waals surface area contributed by atoms with Gasteiger partial charge in [-0.25, -0.2) is 0 Å². The predicted octanol–water partition coefficient (Wildman–Crippen LogP) is -0.941. The number of nitrogens with one attached hydrogen (secondary N) is 1. The highest BCUT2D eigenvalue weighted by Crippen LogP contribution is 2.53. The molecule has 3 atom stereocenters. The summed E-state index contributed by atoms with van der Waals surface area (Å²) in [5.74, 6) is -2.54. The summed E-state index contributed by atoms with van der Waals surface area (Å²) in [6, 6.07) is 0. The van der Waals surface area contributed by atoms with Crippen LogP contribution in [0.3, 0.4) is 0 Å². The zero-order valence-corrected chi connectivity index (χ0v) is 13.7. The van der Waals surface area contributed by atoms with E-state index < -0.39 is 34.9 Å². The minimum Gasteiger partial charge on any atom is -0.481 e. The number of hydrogen-bond donors (Lipinski definition) is 3. The van der Waals surface area contributed by atoms with E-state index in [0.717, 1.165) is 4.90 Å². The van der Waals surface area contributed by atoms with Crippen molar-refractivity contribution in [1.82, 2.24) is 10.2 Å². The molecule has 10 heteroatoms. The number of esters is 1. The van der Waals surface area contributed by atoms with Gasteiger partial charge in [0.15, 0.2) is 4.93 Å². The minimum absolute atomic E-state index is 0.146. The third-order valence-corrected chi connectivity index (χ3v) is 5.06. The van der Waals surface area contributed by atoms with Crippen molar-refractivity contribution in [2.45, 2.75) is 36.2 Å². The second-order valence-corrected chi connectivity index (χ2v) is 7.15. The van der Waals surface area contributed by atoms with Gasteiger partial charge in [0.1, 0.15) is 12.8 Å². The molecule has 24 heavy (non-hydrogen) atoms. The molecule has 0 bridgehead atoms. The van der Waals surface area contributed by atoms with Gasteiger partial charge in [0.2, 0.25) is 11.8 Å². The number of ether oxygens (including phenoxy) is 1. The van der Waals surface area contributed by atoms with Gasteiger partial charge in [-0.05, 0) is 13.0 Å². The average Bonchev–Trinajstić information content (AvgIpc) is 3.04. The van der Waals surface area contributed by atoms with Gasteiger partial charge in [0.05, 0.1) is 18.1 Å². The molecular weight excluding hydrogens is 340 g/mol. The Morgan fingerprint density at radius 1 is 1.42 bits per heavy atom. The van der Waals surface area contributed by atoms with Gasteiger partial charge in [0.25, 0.3) is 0 Å². The van der Waals surface area contributed by atoms with Crippen molar-refractivity contribution in [2.24, 2.45) is 0 Å². The average molecular weight is 358 g/mol. The van der Waals surface area contributed by atoms with Crippen molar-refractivity contribution in [2.75, 3.05) is 13.1 Å². The highest BCUT2D eigenvalue weighted by molar-refractivity contribution is 8.08. The molecule has 2 amide bonds. The van der Waals surface area contributed by atoms with Crippen LogP contribution in [0.5, 0.6) is 0 Å². The molecule has 1 saturated heterocycles. The van der Waals surface area contributed by atoms with E-state index in [1.165, 1.54) is 23.9 Å². The molecule has 2 aliphatic rings. The number of rotatable bonds is 8. The number of aliphatic carboxylic acids is 1. The van der Waals surface area contributed by atoms with Gasteiger partial charge >= 0.3 is 11.9 Å². The maximum Gasteiger partial charge on any atom is 0.307 e. The molecule has 0 spiro atoms. The van der Waals surface area contributed by atoms with Crippen LogP contribution in [0.4, 0.5) is 0 Å². The summed E-state index contributed by atoms with van der Waals surface area (Å²) in [7, 11) is 0. The lowest BCUT2D eigenvalue weighted by Gasteiger charge is -2.19. The fourth-order valence-corrected chi connectivity index (χ4v) is 3.07. The van der Waals surface area contributed by atoms with Crippen molar-refractivity contribution in [3.8, 4) is 0 Å². The largest absolute Gasteiger partial charge is 0.481 e. The van der Waals surface area contributed by atoms with Crippen molar-refractivity contribution in [1.29, 1.82) is 0 Å². The number of carbonyl (C=O) groups is 4. The molecule has 1 fully saturated rings. The molecule has 0 saturated carbocycles. The maximum atomic E-state index is 11.8. The van der Waals surface area contributed by atoms with Crippen LogP contribution in [0.25, 0.3) is 0 Å². The summed E-state index contributed by atoms with van der Waals surface area (Å²) in [5.41, 5.74) is 0. The van der Waals surface area contributed by atoms with Crippen molar-refractivity contribution >= 4 is 35.5 Å². The zero-order chi connectivity index (χ0) is 17.9. The lowest BCUT2D eigenvalue weighted by Crippen LogP contribution is -2.43. The first-order chi connectivity index (χ1) is 11.2. The first-order valence-corrected chi connectivity index (χ1v) is 8.14. The molecule has 2 heterocycles. The predicted molar refractivity (Wildman–Crippen MR) is 82.6 cm³/mol.